The maximum atomic E-state index is 11.2. The van der Waals surface area contributed by atoms with E-state index in [4.69, 9.17) is 11.6 Å². The van der Waals surface area contributed by atoms with E-state index in [9.17, 15) is 4.79 Å². The molecule has 3 nitrogen and oxygen atoms in total. The zero-order valence-electron chi connectivity index (χ0n) is 11.5. The van der Waals surface area contributed by atoms with Crippen LogP contribution >= 0.6 is 22.9 Å². The van der Waals surface area contributed by atoms with Gasteiger partial charge in [0.05, 0.1) is 5.02 Å². The second-order valence-electron chi connectivity index (χ2n) is 4.66. The van der Waals surface area contributed by atoms with Gasteiger partial charge in [-0.15, -0.1) is 11.3 Å². The first-order chi connectivity index (χ1) is 9.54. The maximum Gasteiger partial charge on any atom is 0.219 e. The van der Waals surface area contributed by atoms with Crippen LogP contribution in [0, 0.1) is 0 Å². The quantitative estimate of drug-likeness (QED) is 0.905. The van der Waals surface area contributed by atoms with Crippen LogP contribution in [0.25, 0.3) is 0 Å². The van der Waals surface area contributed by atoms with E-state index >= 15 is 0 Å². The molecule has 106 valence electrons. The highest BCUT2D eigenvalue weighted by Crippen LogP contribution is 2.20. The lowest BCUT2D eigenvalue weighted by Gasteiger charge is -2.15. The lowest BCUT2D eigenvalue weighted by molar-refractivity contribution is -0.128. The number of thiophene rings is 1. The average Bonchev–Trinajstić information content (AvgIpc) is 2.82. The molecule has 1 amide bonds. The lowest BCUT2D eigenvalue weighted by Crippen LogP contribution is -2.22. The van der Waals surface area contributed by atoms with Crippen molar-refractivity contribution >= 4 is 34.5 Å². The molecule has 0 aliphatic heterocycles. The Morgan fingerprint density at radius 3 is 2.85 bits per heavy atom. The normalized spacial score (nSPS) is 10.3. The summed E-state index contributed by atoms with van der Waals surface area (Å²) >= 11 is 7.54. The van der Waals surface area contributed by atoms with E-state index in [0.29, 0.717) is 6.54 Å². The molecule has 2 aromatic rings. The number of nitrogens with one attached hydrogen (secondary N) is 1. The molecule has 0 spiro atoms. The van der Waals surface area contributed by atoms with Crippen molar-refractivity contribution in [3.63, 3.8) is 0 Å². The first-order valence-corrected chi connectivity index (χ1v) is 7.58. The number of carbonyl (C=O) groups is 1. The minimum Gasteiger partial charge on any atom is -0.380 e. The fraction of sp³-hybridized carbons (Fsp3) is 0.267. The Morgan fingerprint density at radius 2 is 2.20 bits per heavy atom. The summed E-state index contributed by atoms with van der Waals surface area (Å²) in [4.78, 5) is 14.1. The smallest absolute Gasteiger partial charge is 0.219 e. The van der Waals surface area contributed by atoms with Crippen LogP contribution in [0.1, 0.15) is 17.4 Å². The third-order valence-electron chi connectivity index (χ3n) is 2.97. The van der Waals surface area contributed by atoms with Crippen molar-refractivity contribution in [2.24, 2.45) is 0 Å². The standard InChI is InChI=1S/C15H17ClN2OS/c1-11(19)18(2)9-12-4-3-5-14(6-12)17-8-15-7-13(16)10-20-15/h3-7,10,17H,8-9H2,1-2H3. The van der Waals surface area contributed by atoms with Gasteiger partial charge in [0.2, 0.25) is 5.91 Å². The number of carbonyl (C=O) groups excluding carboxylic acids is 1. The van der Waals surface area contributed by atoms with Gasteiger partial charge >= 0.3 is 0 Å². The third-order valence-corrected chi connectivity index (χ3v) is 4.26. The van der Waals surface area contributed by atoms with Crippen molar-refractivity contribution < 1.29 is 4.79 Å². The maximum absolute atomic E-state index is 11.2. The summed E-state index contributed by atoms with van der Waals surface area (Å²) in [5.41, 5.74) is 2.15. The van der Waals surface area contributed by atoms with Crippen molar-refractivity contribution in [3.05, 3.63) is 51.2 Å². The molecule has 0 aliphatic rings. The monoisotopic (exact) mass is 308 g/mol. The number of nitrogens with zero attached hydrogens (tertiary/aromatic N) is 1. The Hall–Kier alpha value is -1.52. The topological polar surface area (TPSA) is 32.3 Å². The van der Waals surface area contributed by atoms with Gasteiger partial charge < -0.3 is 10.2 Å². The number of rotatable bonds is 5. The number of hydrogen-bond acceptors (Lipinski definition) is 3. The summed E-state index contributed by atoms with van der Waals surface area (Å²) in [6, 6.07) is 10.1. The molecule has 0 saturated heterocycles. The summed E-state index contributed by atoms with van der Waals surface area (Å²) in [7, 11) is 1.80. The van der Waals surface area contributed by atoms with E-state index in [1.807, 2.05) is 29.6 Å². The Bertz CT molecular complexity index is 597. The van der Waals surface area contributed by atoms with Gasteiger partial charge in [-0.3, -0.25) is 4.79 Å². The van der Waals surface area contributed by atoms with E-state index in [0.717, 1.165) is 22.8 Å². The molecule has 1 N–H and O–H groups in total. The molecule has 0 radical (unpaired) electrons. The van der Waals surface area contributed by atoms with Crippen molar-refractivity contribution in [1.29, 1.82) is 0 Å². The molecular formula is C15H17ClN2OS. The molecule has 0 aliphatic carbocycles. The van der Waals surface area contributed by atoms with Crippen LogP contribution < -0.4 is 5.32 Å². The summed E-state index contributed by atoms with van der Waals surface area (Å²) in [5, 5.41) is 6.07. The fourth-order valence-corrected chi connectivity index (χ4v) is 2.81. The summed E-state index contributed by atoms with van der Waals surface area (Å²) in [5.74, 6) is 0.0663. The highest BCUT2D eigenvalue weighted by Gasteiger charge is 2.04. The molecule has 5 heteroatoms. The summed E-state index contributed by atoms with van der Waals surface area (Å²) < 4.78 is 0. The SMILES string of the molecule is CC(=O)N(C)Cc1cccc(NCc2cc(Cl)cs2)c1. The molecular weight excluding hydrogens is 292 g/mol. The van der Waals surface area contributed by atoms with Crippen molar-refractivity contribution in [2.45, 2.75) is 20.0 Å². The molecule has 0 saturated carbocycles. The average molecular weight is 309 g/mol. The number of halogens is 1. The predicted molar refractivity (Wildman–Crippen MR) is 85.2 cm³/mol. The Kier molecular flexibility index (Phi) is 5.04. The largest absolute Gasteiger partial charge is 0.380 e. The van der Waals surface area contributed by atoms with Gasteiger partial charge in [-0.1, -0.05) is 23.7 Å². The van der Waals surface area contributed by atoms with Gasteiger partial charge in [0.1, 0.15) is 0 Å². The zero-order valence-corrected chi connectivity index (χ0v) is 13.1. The molecule has 20 heavy (non-hydrogen) atoms. The predicted octanol–water partition coefficient (Wildman–Crippen LogP) is 3.99. The first kappa shape index (κ1) is 14.9. The van der Waals surface area contributed by atoms with E-state index in [1.165, 1.54) is 4.88 Å². The zero-order chi connectivity index (χ0) is 14.5. The van der Waals surface area contributed by atoms with Gasteiger partial charge in [0, 0.05) is 43.0 Å². The number of amides is 1. The Balaban J connectivity index is 1.97. The second-order valence-corrected chi connectivity index (χ2v) is 6.09. The highest BCUT2D eigenvalue weighted by atomic mass is 35.5. The third kappa shape index (κ3) is 4.25. The molecule has 2 rings (SSSR count). The van der Waals surface area contributed by atoms with Crippen molar-refractivity contribution in [2.75, 3.05) is 12.4 Å². The van der Waals surface area contributed by atoms with Crippen LogP contribution in [0.4, 0.5) is 5.69 Å². The van der Waals surface area contributed by atoms with Crippen LogP contribution in [0.3, 0.4) is 0 Å². The molecule has 1 aromatic carbocycles. The van der Waals surface area contributed by atoms with Crippen LogP contribution in [0.15, 0.2) is 35.7 Å². The van der Waals surface area contributed by atoms with Gasteiger partial charge in [-0.05, 0) is 23.8 Å². The van der Waals surface area contributed by atoms with Gasteiger partial charge in [0.15, 0.2) is 0 Å². The lowest BCUT2D eigenvalue weighted by atomic mass is 10.2. The van der Waals surface area contributed by atoms with Crippen LogP contribution in [0.5, 0.6) is 0 Å². The summed E-state index contributed by atoms with van der Waals surface area (Å²) in [6.45, 7) is 2.95. The van der Waals surface area contributed by atoms with Gasteiger partial charge in [-0.25, -0.2) is 0 Å². The molecule has 0 atom stereocenters. The van der Waals surface area contributed by atoms with Gasteiger partial charge in [-0.2, -0.15) is 0 Å². The van der Waals surface area contributed by atoms with Crippen molar-refractivity contribution in [1.82, 2.24) is 4.90 Å². The van der Waals surface area contributed by atoms with E-state index in [-0.39, 0.29) is 5.91 Å². The van der Waals surface area contributed by atoms with Crippen molar-refractivity contribution in [3.8, 4) is 0 Å². The minimum absolute atomic E-state index is 0.0663. The number of benzene rings is 1. The molecule has 1 heterocycles. The van der Waals surface area contributed by atoms with E-state index in [1.54, 1.807) is 30.2 Å². The number of anilines is 1. The molecule has 0 bridgehead atoms. The van der Waals surface area contributed by atoms with Crippen LogP contribution in [-0.2, 0) is 17.9 Å². The minimum atomic E-state index is 0.0663. The van der Waals surface area contributed by atoms with Crippen LogP contribution in [0.2, 0.25) is 5.02 Å². The second kappa shape index (κ2) is 6.77. The Morgan fingerprint density at radius 1 is 1.40 bits per heavy atom. The summed E-state index contributed by atoms with van der Waals surface area (Å²) in [6.07, 6.45) is 0. The Labute approximate surface area is 128 Å². The van der Waals surface area contributed by atoms with E-state index in [2.05, 4.69) is 11.4 Å². The fourth-order valence-electron chi connectivity index (χ4n) is 1.80. The molecule has 0 fully saturated rings. The highest BCUT2D eigenvalue weighted by molar-refractivity contribution is 7.10. The number of hydrogen-bond donors (Lipinski definition) is 1. The molecule has 1 aromatic heterocycles. The van der Waals surface area contributed by atoms with Crippen LogP contribution in [-0.4, -0.2) is 17.9 Å². The first-order valence-electron chi connectivity index (χ1n) is 6.32. The van der Waals surface area contributed by atoms with Gasteiger partial charge in [0.25, 0.3) is 0 Å². The molecule has 0 unspecified atom stereocenters. The van der Waals surface area contributed by atoms with E-state index < -0.39 is 0 Å².